The second kappa shape index (κ2) is 41.9. The van der Waals surface area contributed by atoms with Gasteiger partial charge in [0.1, 0.15) is 12.7 Å². The van der Waals surface area contributed by atoms with Gasteiger partial charge in [0.25, 0.3) is 0 Å². The first-order chi connectivity index (χ1) is 26.3. The fourth-order valence-corrected chi connectivity index (χ4v) is 7.05. The number of piperazine rings is 1. The summed E-state index contributed by atoms with van der Waals surface area (Å²) in [5.74, 6) is -0.112. The number of allylic oxidation sites excluding steroid dienone is 4. The van der Waals surface area contributed by atoms with E-state index in [1.165, 1.54) is 167 Å². The standard InChI is InChI=1S/C47H90N2O4/c1-3-5-7-9-11-13-15-17-19-21-23-25-27-29-31-33-42-51-44-46(45-53-47(50)36-35-39-49-40-37-48-38-41-49)52-43-34-32-30-28-26-24-22-20-18-16-14-12-10-8-6-4-2/h17-20,46,48H,3-16,21-45H2,1-2H3/b19-17-,20-18-. The molecule has 1 aliphatic heterocycles. The Labute approximate surface area is 330 Å². The number of carbonyl (C=O) groups excluding carboxylic acids is 1. The Bertz CT molecular complexity index is 797. The molecule has 0 aromatic carbocycles. The molecule has 0 aromatic heterocycles. The summed E-state index contributed by atoms with van der Waals surface area (Å²) in [6.45, 7) is 12.0. The van der Waals surface area contributed by atoms with Gasteiger partial charge in [-0.15, -0.1) is 0 Å². The van der Waals surface area contributed by atoms with Gasteiger partial charge in [-0.3, -0.25) is 4.79 Å². The molecule has 6 nitrogen and oxygen atoms in total. The Hall–Kier alpha value is -1.21. The van der Waals surface area contributed by atoms with E-state index in [2.05, 4.69) is 48.4 Å². The number of unbranched alkanes of at least 4 members (excludes halogenated alkanes) is 24. The summed E-state index contributed by atoms with van der Waals surface area (Å²) < 4.78 is 17.9. The van der Waals surface area contributed by atoms with Gasteiger partial charge in [-0.25, -0.2) is 0 Å². The van der Waals surface area contributed by atoms with Crippen LogP contribution in [0.5, 0.6) is 0 Å². The largest absolute Gasteiger partial charge is 0.463 e. The van der Waals surface area contributed by atoms with E-state index in [-0.39, 0.29) is 12.1 Å². The smallest absolute Gasteiger partial charge is 0.305 e. The first-order valence-corrected chi connectivity index (χ1v) is 23.3. The third-order valence-corrected chi connectivity index (χ3v) is 10.6. The summed E-state index contributed by atoms with van der Waals surface area (Å²) >= 11 is 0. The van der Waals surface area contributed by atoms with Crippen LogP contribution in [-0.2, 0) is 19.0 Å². The molecule has 1 aliphatic rings. The van der Waals surface area contributed by atoms with Gasteiger partial charge in [0, 0.05) is 45.8 Å². The van der Waals surface area contributed by atoms with E-state index in [1.807, 2.05) is 0 Å². The minimum absolute atomic E-state index is 0.112. The van der Waals surface area contributed by atoms with Crippen LogP contribution in [-0.4, -0.2) is 76.1 Å². The highest BCUT2D eigenvalue weighted by Crippen LogP contribution is 2.13. The van der Waals surface area contributed by atoms with Crippen LogP contribution in [0, 0.1) is 0 Å². The lowest BCUT2D eigenvalue weighted by Gasteiger charge is -2.26. The van der Waals surface area contributed by atoms with Crippen LogP contribution in [0.25, 0.3) is 0 Å². The summed E-state index contributed by atoms with van der Waals surface area (Å²) in [4.78, 5) is 14.9. The molecule has 1 saturated heterocycles. The molecule has 1 unspecified atom stereocenters. The molecule has 1 atom stereocenters. The van der Waals surface area contributed by atoms with Crippen LogP contribution in [0.3, 0.4) is 0 Å². The van der Waals surface area contributed by atoms with Gasteiger partial charge < -0.3 is 24.4 Å². The number of nitrogens with zero attached hydrogens (tertiary/aromatic N) is 1. The van der Waals surface area contributed by atoms with E-state index < -0.39 is 0 Å². The fraction of sp³-hybridized carbons (Fsp3) is 0.894. The average Bonchev–Trinajstić information content (AvgIpc) is 3.17. The predicted octanol–water partition coefficient (Wildman–Crippen LogP) is 12.7. The molecule has 1 fully saturated rings. The first kappa shape index (κ1) is 49.8. The Morgan fingerprint density at radius 3 is 1.47 bits per heavy atom. The Kier molecular flexibility index (Phi) is 39.4. The SMILES string of the molecule is CCCCCCCC/C=C\CCCCCCCCOCC(COC(=O)CCCN1CCNCC1)OCCCCCCCC/C=C\CCCCCCCC. The highest BCUT2D eigenvalue weighted by atomic mass is 16.6. The summed E-state index contributed by atoms with van der Waals surface area (Å²) in [5, 5.41) is 3.38. The maximum absolute atomic E-state index is 12.5. The molecule has 53 heavy (non-hydrogen) atoms. The quantitative estimate of drug-likeness (QED) is 0.0382. The molecule has 0 bridgehead atoms. The molecule has 0 aromatic rings. The fourth-order valence-electron chi connectivity index (χ4n) is 7.05. The summed E-state index contributed by atoms with van der Waals surface area (Å²) in [6, 6.07) is 0. The second-order valence-corrected chi connectivity index (χ2v) is 15.8. The second-order valence-electron chi connectivity index (χ2n) is 15.8. The third-order valence-electron chi connectivity index (χ3n) is 10.6. The minimum Gasteiger partial charge on any atom is -0.463 e. The monoisotopic (exact) mass is 747 g/mol. The van der Waals surface area contributed by atoms with E-state index in [0.29, 0.717) is 26.2 Å². The highest BCUT2D eigenvalue weighted by molar-refractivity contribution is 5.69. The van der Waals surface area contributed by atoms with Crippen molar-refractivity contribution in [1.29, 1.82) is 0 Å². The number of rotatable bonds is 41. The zero-order valence-corrected chi connectivity index (χ0v) is 35.5. The Morgan fingerprint density at radius 1 is 0.547 bits per heavy atom. The van der Waals surface area contributed by atoms with Gasteiger partial charge in [0.15, 0.2) is 0 Å². The zero-order valence-electron chi connectivity index (χ0n) is 35.5. The Morgan fingerprint density at radius 2 is 0.981 bits per heavy atom. The lowest BCUT2D eigenvalue weighted by atomic mass is 10.1. The van der Waals surface area contributed by atoms with Gasteiger partial charge in [0.05, 0.1) is 6.61 Å². The molecule has 0 radical (unpaired) electrons. The van der Waals surface area contributed by atoms with E-state index in [0.717, 1.165) is 58.6 Å². The van der Waals surface area contributed by atoms with Gasteiger partial charge in [-0.05, 0) is 77.2 Å². The van der Waals surface area contributed by atoms with Crippen LogP contribution in [0.1, 0.15) is 206 Å². The molecular weight excluding hydrogens is 657 g/mol. The number of carbonyl (C=O) groups is 1. The number of hydrogen-bond donors (Lipinski definition) is 1. The van der Waals surface area contributed by atoms with E-state index in [1.54, 1.807) is 0 Å². The van der Waals surface area contributed by atoms with Crippen LogP contribution in [0.15, 0.2) is 24.3 Å². The molecule has 1 heterocycles. The minimum atomic E-state index is -0.177. The van der Waals surface area contributed by atoms with Gasteiger partial charge in [0.2, 0.25) is 0 Å². The van der Waals surface area contributed by atoms with Crippen molar-refractivity contribution in [2.24, 2.45) is 0 Å². The lowest BCUT2D eigenvalue weighted by molar-refractivity contribution is -0.150. The molecule has 6 heteroatoms. The molecular formula is C47H90N2O4. The van der Waals surface area contributed by atoms with Crippen molar-refractivity contribution in [3.63, 3.8) is 0 Å². The highest BCUT2D eigenvalue weighted by Gasteiger charge is 2.15. The van der Waals surface area contributed by atoms with Gasteiger partial charge in [-0.1, -0.05) is 154 Å². The molecule has 0 aliphatic carbocycles. The normalized spacial score (nSPS) is 14.5. The Balaban J connectivity index is 2.12. The van der Waals surface area contributed by atoms with Crippen LogP contribution < -0.4 is 5.32 Å². The zero-order chi connectivity index (χ0) is 38.0. The molecule has 1 rings (SSSR count). The maximum atomic E-state index is 12.5. The number of esters is 1. The van der Waals surface area contributed by atoms with Crippen molar-refractivity contribution >= 4 is 5.97 Å². The lowest BCUT2D eigenvalue weighted by Crippen LogP contribution is -2.43. The number of nitrogens with one attached hydrogen (secondary N) is 1. The first-order valence-electron chi connectivity index (χ1n) is 23.3. The van der Waals surface area contributed by atoms with Gasteiger partial charge >= 0.3 is 5.97 Å². The molecule has 1 N–H and O–H groups in total. The van der Waals surface area contributed by atoms with Gasteiger partial charge in [-0.2, -0.15) is 0 Å². The number of ether oxygens (including phenoxy) is 3. The third kappa shape index (κ3) is 37.5. The summed E-state index contributed by atoms with van der Waals surface area (Å²) in [5.41, 5.74) is 0. The maximum Gasteiger partial charge on any atom is 0.305 e. The van der Waals surface area contributed by atoms with Crippen molar-refractivity contribution in [3.05, 3.63) is 24.3 Å². The molecule has 0 spiro atoms. The summed E-state index contributed by atoms with van der Waals surface area (Å²) in [6.07, 6.45) is 47.3. The van der Waals surface area contributed by atoms with Crippen molar-refractivity contribution < 1.29 is 19.0 Å². The van der Waals surface area contributed by atoms with Crippen molar-refractivity contribution in [2.45, 2.75) is 213 Å². The molecule has 312 valence electrons. The average molecular weight is 747 g/mol. The van der Waals surface area contributed by atoms with Crippen LogP contribution in [0.2, 0.25) is 0 Å². The predicted molar refractivity (Wildman–Crippen MR) is 229 cm³/mol. The molecule has 0 saturated carbocycles. The van der Waals surface area contributed by atoms with E-state index in [9.17, 15) is 4.79 Å². The van der Waals surface area contributed by atoms with Crippen LogP contribution >= 0.6 is 0 Å². The van der Waals surface area contributed by atoms with Crippen molar-refractivity contribution in [3.8, 4) is 0 Å². The number of hydrogen-bond acceptors (Lipinski definition) is 6. The van der Waals surface area contributed by atoms with E-state index in [4.69, 9.17) is 14.2 Å². The molecule has 0 amide bonds. The van der Waals surface area contributed by atoms with E-state index >= 15 is 0 Å². The van der Waals surface area contributed by atoms with Crippen molar-refractivity contribution in [1.82, 2.24) is 10.2 Å². The summed E-state index contributed by atoms with van der Waals surface area (Å²) in [7, 11) is 0. The van der Waals surface area contributed by atoms with Crippen molar-refractivity contribution in [2.75, 3.05) is 59.2 Å². The topological polar surface area (TPSA) is 60.0 Å². The van der Waals surface area contributed by atoms with Crippen LogP contribution in [0.4, 0.5) is 0 Å².